The SMILES string of the molecule is [Li+].[NH-]NC(N)=O. The molecule has 5 heteroatoms. The van der Waals surface area contributed by atoms with E-state index in [2.05, 4.69) is 5.73 Å². The van der Waals surface area contributed by atoms with Crippen molar-refractivity contribution in [1.29, 1.82) is 0 Å². The molecule has 0 aromatic carbocycles. The van der Waals surface area contributed by atoms with Gasteiger partial charge in [-0.2, -0.15) is 0 Å². The molecule has 0 spiro atoms. The van der Waals surface area contributed by atoms with Gasteiger partial charge in [-0.25, -0.2) is 0 Å². The van der Waals surface area contributed by atoms with E-state index >= 15 is 0 Å². The zero-order valence-corrected chi connectivity index (χ0v) is 3.49. The van der Waals surface area contributed by atoms with E-state index in [1.54, 1.807) is 0 Å². The first-order chi connectivity index (χ1) is 2.27. The molecule has 0 aliphatic rings. The molecule has 0 aliphatic heterocycles. The van der Waals surface area contributed by atoms with Crippen LogP contribution in [-0.4, -0.2) is 6.03 Å². The molecular weight excluding hydrogens is 77.0 g/mol. The van der Waals surface area contributed by atoms with Crippen molar-refractivity contribution in [3.05, 3.63) is 5.84 Å². The second-order valence-corrected chi connectivity index (χ2v) is 0.489. The van der Waals surface area contributed by atoms with Crippen LogP contribution in [0.5, 0.6) is 0 Å². The average molecular weight is 81.0 g/mol. The molecule has 6 heavy (non-hydrogen) atoms. The van der Waals surface area contributed by atoms with Crippen molar-refractivity contribution < 1.29 is 23.7 Å². The number of hydrogen-bond donors (Lipinski definition) is 2. The number of amides is 2. The summed E-state index contributed by atoms with van der Waals surface area (Å²) in [6, 6.07) is -0.829. The zero-order chi connectivity index (χ0) is 4.28. The fraction of sp³-hybridized carbons (Fsp3) is 0. The van der Waals surface area contributed by atoms with Crippen molar-refractivity contribution in [3.8, 4) is 0 Å². The monoisotopic (exact) mass is 81.1 g/mol. The fourth-order valence-corrected chi connectivity index (χ4v) is 0. The van der Waals surface area contributed by atoms with Gasteiger partial charge in [0.25, 0.3) is 6.03 Å². The second-order valence-electron chi connectivity index (χ2n) is 0.489. The molecule has 0 aliphatic carbocycles. The van der Waals surface area contributed by atoms with Gasteiger partial charge in [-0.1, -0.05) is 0 Å². The molecule has 0 aromatic rings. The summed E-state index contributed by atoms with van der Waals surface area (Å²) in [5, 5.41) is 0. The van der Waals surface area contributed by atoms with Gasteiger partial charge in [-0.15, -0.1) is 0 Å². The first kappa shape index (κ1) is 9.27. The smallest absolute Gasteiger partial charge is 0.582 e. The molecule has 30 valence electrons. The van der Waals surface area contributed by atoms with Crippen LogP contribution in [-0.2, 0) is 0 Å². The van der Waals surface area contributed by atoms with Crippen LogP contribution in [0.25, 0.3) is 5.84 Å². The Hall–Kier alpha value is -0.173. The molecule has 0 unspecified atom stereocenters. The molecule has 0 heterocycles. The van der Waals surface area contributed by atoms with Crippen LogP contribution in [0.4, 0.5) is 4.79 Å². The van der Waals surface area contributed by atoms with Crippen LogP contribution in [0.15, 0.2) is 0 Å². The maximum atomic E-state index is 9.29. The summed E-state index contributed by atoms with van der Waals surface area (Å²) in [6.45, 7) is 0. The summed E-state index contributed by atoms with van der Waals surface area (Å²) in [6.07, 6.45) is 0. The molecular formula is CH4LiN3O. The van der Waals surface area contributed by atoms with Crippen molar-refractivity contribution in [2.45, 2.75) is 0 Å². The third-order valence-corrected chi connectivity index (χ3v) is 0.123. The number of carbonyl (C=O) groups is 1. The van der Waals surface area contributed by atoms with Crippen LogP contribution in [0, 0.1) is 0 Å². The Balaban J connectivity index is 0. The number of hydrogen-bond acceptors (Lipinski definition) is 1. The van der Waals surface area contributed by atoms with E-state index in [-0.39, 0.29) is 18.9 Å². The quantitative estimate of drug-likeness (QED) is 0.231. The fourth-order valence-electron chi connectivity index (χ4n) is 0. The maximum absolute atomic E-state index is 9.29. The maximum Gasteiger partial charge on any atom is 1.00 e. The Morgan fingerprint density at radius 2 is 2.00 bits per heavy atom. The van der Waals surface area contributed by atoms with Crippen LogP contribution in [0.2, 0.25) is 0 Å². The largest absolute Gasteiger partial charge is 1.00 e. The van der Waals surface area contributed by atoms with Crippen LogP contribution in [0.1, 0.15) is 0 Å². The molecule has 2 amide bonds. The van der Waals surface area contributed by atoms with E-state index in [1.807, 2.05) is 0 Å². The Bertz CT molecular complexity index is 46.1. The standard InChI is InChI=1S/CH4N3O.Li/c2-1(5)4-3;/h3H,(H3,2,4,5);/q-1;+1. The number of rotatable bonds is 0. The van der Waals surface area contributed by atoms with Crippen molar-refractivity contribution in [2.75, 3.05) is 0 Å². The third-order valence-electron chi connectivity index (χ3n) is 0.123. The Labute approximate surface area is 47.4 Å². The minimum absolute atomic E-state index is 0. The molecule has 4 N–H and O–H groups in total. The number of carbonyl (C=O) groups excluding carboxylic acids is 1. The van der Waals surface area contributed by atoms with Gasteiger partial charge in [0.2, 0.25) is 0 Å². The molecule has 0 radical (unpaired) electrons. The minimum atomic E-state index is -0.829. The summed E-state index contributed by atoms with van der Waals surface area (Å²) in [4.78, 5) is 9.29. The van der Waals surface area contributed by atoms with E-state index in [0.29, 0.717) is 0 Å². The predicted octanol–water partition coefficient (Wildman–Crippen LogP) is -3.37. The van der Waals surface area contributed by atoms with Crippen LogP contribution < -0.4 is 30.0 Å². The van der Waals surface area contributed by atoms with Gasteiger partial charge in [0.05, 0.1) is 0 Å². The first-order valence-corrected chi connectivity index (χ1v) is 0.993. The summed E-state index contributed by atoms with van der Waals surface area (Å²) < 4.78 is 0. The van der Waals surface area contributed by atoms with Crippen molar-refractivity contribution in [1.82, 2.24) is 5.43 Å². The Morgan fingerprint density at radius 3 is 2.00 bits per heavy atom. The Kier molecular flexibility index (Phi) is 7.46. The summed E-state index contributed by atoms with van der Waals surface area (Å²) in [5.74, 6) is 5.93. The van der Waals surface area contributed by atoms with Crippen molar-refractivity contribution in [2.24, 2.45) is 5.73 Å². The van der Waals surface area contributed by atoms with Crippen molar-refractivity contribution in [3.63, 3.8) is 0 Å². The molecule has 0 rings (SSSR count). The number of nitrogens with one attached hydrogen (secondary N) is 2. The topological polar surface area (TPSA) is 78.9 Å². The van der Waals surface area contributed by atoms with E-state index in [0.717, 1.165) is 0 Å². The van der Waals surface area contributed by atoms with Gasteiger partial charge in [-0.3, -0.25) is 4.79 Å². The van der Waals surface area contributed by atoms with E-state index in [4.69, 9.17) is 5.84 Å². The van der Waals surface area contributed by atoms with Gasteiger partial charge >= 0.3 is 18.9 Å². The first-order valence-electron chi connectivity index (χ1n) is 0.993. The second kappa shape index (κ2) is 4.83. The predicted molar refractivity (Wildman–Crippen MR) is 17.0 cm³/mol. The molecule has 4 nitrogen and oxygen atoms in total. The average Bonchev–Trinajstić information content (AvgIpc) is 1.38. The van der Waals surface area contributed by atoms with Crippen LogP contribution in [0.3, 0.4) is 0 Å². The van der Waals surface area contributed by atoms with Gasteiger partial charge in [0.15, 0.2) is 0 Å². The van der Waals surface area contributed by atoms with Crippen LogP contribution >= 0.6 is 0 Å². The van der Waals surface area contributed by atoms with Crippen molar-refractivity contribution >= 4 is 6.03 Å². The molecule has 0 saturated carbocycles. The number of nitrogens with two attached hydrogens (primary N) is 1. The Morgan fingerprint density at radius 1 is 1.83 bits per heavy atom. The van der Waals surface area contributed by atoms with E-state index < -0.39 is 6.03 Å². The zero-order valence-electron chi connectivity index (χ0n) is 3.49. The molecule has 0 atom stereocenters. The number of urea groups is 1. The van der Waals surface area contributed by atoms with Gasteiger partial charge < -0.3 is 17.0 Å². The molecule has 0 fully saturated rings. The summed E-state index contributed by atoms with van der Waals surface area (Å²) in [5.41, 5.74) is 5.77. The molecule has 0 aromatic heterocycles. The number of primary amides is 1. The molecule has 0 saturated heterocycles. The van der Waals surface area contributed by atoms with Gasteiger partial charge in [0, 0.05) is 0 Å². The minimum Gasteiger partial charge on any atom is -0.582 e. The normalized spacial score (nSPS) is 5.50. The van der Waals surface area contributed by atoms with Gasteiger partial charge in [0.1, 0.15) is 0 Å². The summed E-state index contributed by atoms with van der Waals surface area (Å²) >= 11 is 0. The van der Waals surface area contributed by atoms with E-state index in [1.165, 1.54) is 5.43 Å². The third kappa shape index (κ3) is 9.16. The van der Waals surface area contributed by atoms with Gasteiger partial charge in [-0.05, 0) is 0 Å². The summed E-state index contributed by atoms with van der Waals surface area (Å²) in [7, 11) is 0. The van der Waals surface area contributed by atoms with E-state index in [9.17, 15) is 4.79 Å². The molecule has 0 bridgehead atoms.